The van der Waals surface area contributed by atoms with Gasteiger partial charge in [-0.05, 0) is 42.5 Å². The van der Waals surface area contributed by atoms with Gasteiger partial charge in [-0.2, -0.15) is 0 Å². The number of benzene rings is 2. The molecule has 0 bridgehead atoms. The van der Waals surface area contributed by atoms with E-state index in [4.69, 9.17) is 0 Å². The number of phenolic OH excluding ortho intramolecular Hbond substituents is 1. The number of phenols is 1. The minimum absolute atomic E-state index is 0.0343. The Bertz CT molecular complexity index is 709. The first-order valence-electron chi connectivity index (χ1n) is 9.52. The summed E-state index contributed by atoms with van der Waals surface area (Å²) in [5, 5.41) is 13.1. The zero-order valence-electron chi connectivity index (χ0n) is 15.4. The molecule has 1 amide bonds. The fraction of sp³-hybridized carbons (Fsp3) is 0.409. The summed E-state index contributed by atoms with van der Waals surface area (Å²) >= 11 is 0. The number of aromatic hydroxyl groups is 1. The first-order chi connectivity index (χ1) is 12.7. The fourth-order valence-electron chi connectivity index (χ4n) is 3.69. The van der Waals surface area contributed by atoms with Crippen LogP contribution in [0.3, 0.4) is 0 Å². The van der Waals surface area contributed by atoms with Gasteiger partial charge in [0, 0.05) is 25.7 Å². The lowest BCUT2D eigenvalue weighted by Crippen LogP contribution is -2.46. The minimum atomic E-state index is -0.0343. The lowest BCUT2D eigenvalue weighted by atomic mass is 9.93. The second kappa shape index (κ2) is 8.86. The number of carbonyl (C=O) groups is 1. The third-order valence-electron chi connectivity index (χ3n) is 5.22. The maximum Gasteiger partial charge on any atom is 0.230 e. The molecule has 1 fully saturated rings. The van der Waals surface area contributed by atoms with Crippen LogP contribution in [0.25, 0.3) is 0 Å². The van der Waals surface area contributed by atoms with Gasteiger partial charge >= 0.3 is 0 Å². The van der Waals surface area contributed by atoms with Gasteiger partial charge in [0.15, 0.2) is 0 Å². The van der Waals surface area contributed by atoms with Crippen LogP contribution in [0.2, 0.25) is 0 Å². The second-order valence-electron chi connectivity index (χ2n) is 7.02. The van der Waals surface area contributed by atoms with Gasteiger partial charge < -0.3 is 15.3 Å². The van der Waals surface area contributed by atoms with Crippen LogP contribution in [-0.2, 0) is 11.3 Å². The summed E-state index contributed by atoms with van der Waals surface area (Å²) in [7, 11) is 0. The lowest BCUT2D eigenvalue weighted by molar-refractivity contribution is -0.134. The first-order valence-corrected chi connectivity index (χ1v) is 9.52. The van der Waals surface area contributed by atoms with E-state index in [1.165, 1.54) is 0 Å². The molecule has 1 unspecified atom stereocenters. The molecule has 2 N–H and O–H groups in total. The number of nitrogens with one attached hydrogen (secondary N) is 1. The zero-order valence-corrected chi connectivity index (χ0v) is 15.4. The largest absolute Gasteiger partial charge is 0.508 e. The van der Waals surface area contributed by atoms with Crippen molar-refractivity contribution >= 4 is 5.91 Å². The predicted octanol–water partition coefficient (Wildman–Crippen LogP) is 3.67. The Kier molecular flexibility index (Phi) is 6.29. The third kappa shape index (κ3) is 4.64. The van der Waals surface area contributed by atoms with Crippen LogP contribution in [0.15, 0.2) is 54.6 Å². The van der Waals surface area contributed by atoms with Crippen molar-refractivity contribution in [3.63, 3.8) is 0 Å². The highest BCUT2D eigenvalue weighted by atomic mass is 16.3. The van der Waals surface area contributed by atoms with Crippen molar-refractivity contribution < 1.29 is 9.90 Å². The monoisotopic (exact) mass is 352 g/mol. The molecule has 4 heteroatoms. The Morgan fingerprint density at radius 3 is 2.54 bits per heavy atom. The maximum absolute atomic E-state index is 12.9. The standard InChI is InChI=1S/C22H28N2O2/c1-2-21(18-8-4-3-5-9-18)22(26)24-13-11-19(12-14-24)23-16-17-7-6-10-20(25)15-17/h3-10,15,19,21,23,25H,2,11-14,16H2,1H3. The molecule has 1 aliphatic rings. The normalized spacial score (nSPS) is 16.4. The van der Waals surface area contributed by atoms with E-state index in [0.717, 1.165) is 50.0 Å². The van der Waals surface area contributed by atoms with Gasteiger partial charge in [0.2, 0.25) is 5.91 Å². The SMILES string of the molecule is CCC(C(=O)N1CCC(NCc2cccc(O)c2)CC1)c1ccccc1. The van der Waals surface area contributed by atoms with Crippen molar-refractivity contribution in [2.75, 3.05) is 13.1 Å². The van der Waals surface area contributed by atoms with Crippen molar-refractivity contribution in [1.29, 1.82) is 0 Å². The highest BCUT2D eigenvalue weighted by Gasteiger charge is 2.28. The molecule has 2 aromatic rings. The number of hydrogen-bond acceptors (Lipinski definition) is 3. The molecule has 138 valence electrons. The smallest absolute Gasteiger partial charge is 0.230 e. The number of carbonyl (C=O) groups excluding carboxylic acids is 1. The van der Waals surface area contributed by atoms with Gasteiger partial charge in [0.05, 0.1) is 5.92 Å². The molecule has 1 heterocycles. The van der Waals surface area contributed by atoms with E-state index in [-0.39, 0.29) is 11.8 Å². The summed E-state index contributed by atoms with van der Waals surface area (Å²) in [4.78, 5) is 15.0. The van der Waals surface area contributed by atoms with Crippen molar-refractivity contribution in [3.8, 4) is 5.75 Å². The Morgan fingerprint density at radius 2 is 1.88 bits per heavy atom. The molecule has 1 saturated heterocycles. The van der Waals surface area contributed by atoms with Crippen molar-refractivity contribution in [2.45, 2.75) is 44.7 Å². The topological polar surface area (TPSA) is 52.6 Å². The molecule has 2 aromatic carbocycles. The average Bonchev–Trinajstić information content (AvgIpc) is 2.68. The number of nitrogens with zero attached hydrogens (tertiary/aromatic N) is 1. The van der Waals surface area contributed by atoms with Crippen LogP contribution in [-0.4, -0.2) is 35.0 Å². The predicted molar refractivity (Wildman–Crippen MR) is 104 cm³/mol. The van der Waals surface area contributed by atoms with Gasteiger partial charge in [0.25, 0.3) is 0 Å². The third-order valence-corrected chi connectivity index (χ3v) is 5.22. The van der Waals surface area contributed by atoms with Crippen molar-refractivity contribution in [1.82, 2.24) is 10.2 Å². The van der Waals surface area contributed by atoms with Crippen LogP contribution in [0, 0.1) is 0 Å². The molecule has 26 heavy (non-hydrogen) atoms. The number of piperidine rings is 1. The average molecular weight is 352 g/mol. The summed E-state index contributed by atoms with van der Waals surface area (Å²) < 4.78 is 0. The van der Waals surface area contributed by atoms with Crippen molar-refractivity contribution in [2.24, 2.45) is 0 Å². The summed E-state index contributed by atoms with van der Waals surface area (Å²) in [5.74, 6) is 0.523. The summed E-state index contributed by atoms with van der Waals surface area (Å²) in [6.07, 6.45) is 2.77. The molecule has 1 aliphatic heterocycles. The van der Waals surface area contributed by atoms with E-state index in [1.807, 2.05) is 35.2 Å². The van der Waals surface area contributed by atoms with Gasteiger partial charge in [-0.15, -0.1) is 0 Å². The van der Waals surface area contributed by atoms with Gasteiger partial charge in [-0.3, -0.25) is 4.79 Å². The maximum atomic E-state index is 12.9. The van der Waals surface area contributed by atoms with Gasteiger partial charge in [0.1, 0.15) is 5.75 Å². The molecule has 0 radical (unpaired) electrons. The zero-order chi connectivity index (χ0) is 18.4. The molecule has 3 rings (SSSR count). The number of amides is 1. The molecule has 0 aromatic heterocycles. The summed E-state index contributed by atoms with van der Waals surface area (Å²) in [6, 6.07) is 17.9. The van der Waals surface area contributed by atoms with E-state index >= 15 is 0 Å². The van der Waals surface area contributed by atoms with Gasteiger partial charge in [-0.1, -0.05) is 49.4 Å². The fourth-order valence-corrected chi connectivity index (χ4v) is 3.69. The van der Waals surface area contributed by atoms with E-state index in [2.05, 4.69) is 24.4 Å². The van der Waals surface area contributed by atoms with Crippen molar-refractivity contribution in [3.05, 3.63) is 65.7 Å². The van der Waals surface area contributed by atoms with E-state index in [1.54, 1.807) is 12.1 Å². The second-order valence-corrected chi connectivity index (χ2v) is 7.02. The molecular weight excluding hydrogens is 324 g/mol. The molecule has 1 atom stereocenters. The molecular formula is C22H28N2O2. The van der Waals surface area contributed by atoms with Crippen LogP contribution < -0.4 is 5.32 Å². The first kappa shape index (κ1) is 18.5. The van der Waals surface area contributed by atoms with Crippen LogP contribution in [0.4, 0.5) is 0 Å². The minimum Gasteiger partial charge on any atom is -0.508 e. The number of likely N-dealkylation sites (tertiary alicyclic amines) is 1. The Hall–Kier alpha value is -2.33. The summed E-state index contributed by atoms with van der Waals surface area (Å²) in [6.45, 7) is 4.44. The van der Waals surface area contributed by atoms with Crippen LogP contribution in [0.5, 0.6) is 5.75 Å². The lowest BCUT2D eigenvalue weighted by Gasteiger charge is -2.34. The Morgan fingerprint density at radius 1 is 1.15 bits per heavy atom. The highest BCUT2D eigenvalue weighted by molar-refractivity contribution is 5.83. The van der Waals surface area contributed by atoms with E-state index in [9.17, 15) is 9.90 Å². The quantitative estimate of drug-likeness (QED) is 0.834. The van der Waals surface area contributed by atoms with Crippen LogP contribution >= 0.6 is 0 Å². The number of rotatable bonds is 6. The van der Waals surface area contributed by atoms with E-state index < -0.39 is 0 Å². The molecule has 4 nitrogen and oxygen atoms in total. The molecule has 0 aliphatic carbocycles. The van der Waals surface area contributed by atoms with Gasteiger partial charge in [-0.25, -0.2) is 0 Å². The Labute approximate surface area is 155 Å². The van der Waals surface area contributed by atoms with Crippen LogP contribution in [0.1, 0.15) is 43.2 Å². The molecule has 0 spiro atoms. The highest BCUT2D eigenvalue weighted by Crippen LogP contribution is 2.24. The summed E-state index contributed by atoms with van der Waals surface area (Å²) in [5.41, 5.74) is 2.20. The number of hydrogen-bond donors (Lipinski definition) is 2. The molecule has 0 saturated carbocycles. The van der Waals surface area contributed by atoms with E-state index in [0.29, 0.717) is 11.8 Å². The Balaban J connectivity index is 1.50.